The van der Waals surface area contributed by atoms with Crippen LogP contribution in [0, 0.1) is 6.92 Å². The summed E-state index contributed by atoms with van der Waals surface area (Å²) in [5.74, 6) is 0.563. The van der Waals surface area contributed by atoms with E-state index in [1.54, 1.807) is 12.3 Å². The average Bonchev–Trinajstić information content (AvgIpc) is 2.54. The molecular formula is C19H24N2O3. The molecule has 0 saturated carbocycles. The van der Waals surface area contributed by atoms with Crippen molar-refractivity contribution in [1.82, 2.24) is 10.3 Å². The Hall–Kier alpha value is -2.40. The monoisotopic (exact) mass is 328 g/mol. The molecule has 128 valence electrons. The van der Waals surface area contributed by atoms with Crippen LogP contribution in [0.2, 0.25) is 0 Å². The normalized spacial score (nSPS) is 12.0. The molecule has 5 heteroatoms. The minimum Gasteiger partial charge on any atom is -0.491 e. The SMILES string of the molecule is Cc1ccc(CC(=O)NCC(O)c2cccc(OC(C)C)c2)cn1. The van der Waals surface area contributed by atoms with Gasteiger partial charge in [0.25, 0.3) is 0 Å². The molecule has 1 amide bonds. The summed E-state index contributed by atoms with van der Waals surface area (Å²) in [6.07, 6.45) is 1.23. The molecule has 0 bridgehead atoms. The number of nitrogens with one attached hydrogen (secondary N) is 1. The molecule has 0 spiro atoms. The molecule has 1 unspecified atom stereocenters. The Balaban J connectivity index is 1.86. The van der Waals surface area contributed by atoms with Gasteiger partial charge in [-0.1, -0.05) is 18.2 Å². The van der Waals surface area contributed by atoms with Crippen molar-refractivity contribution in [3.05, 3.63) is 59.4 Å². The molecule has 0 fully saturated rings. The van der Waals surface area contributed by atoms with Gasteiger partial charge in [0, 0.05) is 18.4 Å². The number of aliphatic hydroxyl groups is 1. The number of carbonyl (C=O) groups is 1. The van der Waals surface area contributed by atoms with Crippen molar-refractivity contribution in [2.75, 3.05) is 6.54 Å². The van der Waals surface area contributed by atoms with E-state index >= 15 is 0 Å². The topological polar surface area (TPSA) is 71.5 Å². The fraction of sp³-hybridized carbons (Fsp3) is 0.368. The van der Waals surface area contributed by atoms with Crippen molar-refractivity contribution in [2.24, 2.45) is 0 Å². The first-order chi connectivity index (χ1) is 11.4. The lowest BCUT2D eigenvalue weighted by atomic mass is 10.1. The minimum atomic E-state index is -0.777. The molecule has 24 heavy (non-hydrogen) atoms. The van der Waals surface area contributed by atoms with Crippen LogP contribution >= 0.6 is 0 Å². The second-order valence-electron chi connectivity index (χ2n) is 6.04. The first-order valence-corrected chi connectivity index (χ1v) is 8.07. The zero-order valence-electron chi connectivity index (χ0n) is 14.3. The number of aliphatic hydroxyl groups excluding tert-OH is 1. The van der Waals surface area contributed by atoms with Gasteiger partial charge in [-0.3, -0.25) is 9.78 Å². The second-order valence-corrected chi connectivity index (χ2v) is 6.04. The van der Waals surface area contributed by atoms with Crippen LogP contribution in [0.15, 0.2) is 42.6 Å². The molecular weight excluding hydrogens is 304 g/mol. The molecule has 0 aliphatic heterocycles. The number of aryl methyl sites for hydroxylation is 1. The second kappa shape index (κ2) is 8.45. The molecule has 0 aliphatic rings. The summed E-state index contributed by atoms with van der Waals surface area (Å²) in [5, 5.41) is 13.0. The van der Waals surface area contributed by atoms with Crippen LogP contribution in [0.4, 0.5) is 0 Å². The molecule has 2 rings (SSSR count). The molecule has 2 N–H and O–H groups in total. The number of benzene rings is 1. The smallest absolute Gasteiger partial charge is 0.224 e. The minimum absolute atomic E-state index is 0.0696. The Morgan fingerprint density at radius 3 is 2.75 bits per heavy atom. The number of carbonyl (C=O) groups excluding carboxylic acids is 1. The van der Waals surface area contributed by atoms with E-state index in [1.807, 2.05) is 51.1 Å². The summed E-state index contributed by atoms with van der Waals surface area (Å²) in [6, 6.07) is 11.0. The van der Waals surface area contributed by atoms with Crippen LogP contribution in [-0.2, 0) is 11.2 Å². The maximum Gasteiger partial charge on any atom is 0.224 e. The van der Waals surface area contributed by atoms with Gasteiger partial charge in [-0.15, -0.1) is 0 Å². The van der Waals surface area contributed by atoms with Crippen LogP contribution in [0.5, 0.6) is 5.75 Å². The van der Waals surface area contributed by atoms with Crippen LogP contribution in [-0.4, -0.2) is 28.6 Å². The predicted octanol–water partition coefficient (Wildman–Crippen LogP) is 2.57. The average molecular weight is 328 g/mol. The highest BCUT2D eigenvalue weighted by atomic mass is 16.5. The summed E-state index contributed by atoms with van der Waals surface area (Å²) < 4.78 is 5.61. The molecule has 2 aromatic rings. The quantitative estimate of drug-likeness (QED) is 0.819. The summed E-state index contributed by atoms with van der Waals surface area (Å²) in [5.41, 5.74) is 2.48. The maximum absolute atomic E-state index is 12.0. The number of amides is 1. The van der Waals surface area contributed by atoms with E-state index in [1.165, 1.54) is 0 Å². The fourth-order valence-electron chi connectivity index (χ4n) is 2.25. The first kappa shape index (κ1) is 17.9. The van der Waals surface area contributed by atoms with Crippen molar-refractivity contribution in [3.8, 4) is 5.75 Å². The third kappa shape index (κ3) is 5.66. The van der Waals surface area contributed by atoms with Gasteiger partial charge in [0.2, 0.25) is 5.91 Å². The fourth-order valence-corrected chi connectivity index (χ4v) is 2.25. The molecule has 1 heterocycles. The summed E-state index contributed by atoms with van der Waals surface area (Å²) in [4.78, 5) is 16.1. The van der Waals surface area contributed by atoms with Gasteiger partial charge in [0.05, 0.1) is 18.6 Å². The van der Waals surface area contributed by atoms with E-state index in [2.05, 4.69) is 10.3 Å². The lowest BCUT2D eigenvalue weighted by Gasteiger charge is -2.15. The lowest BCUT2D eigenvalue weighted by Crippen LogP contribution is -2.29. The lowest BCUT2D eigenvalue weighted by molar-refractivity contribution is -0.120. The van der Waals surface area contributed by atoms with Crippen LogP contribution < -0.4 is 10.1 Å². The van der Waals surface area contributed by atoms with E-state index in [4.69, 9.17) is 4.74 Å². The largest absolute Gasteiger partial charge is 0.491 e. The number of rotatable bonds is 7. The number of aromatic nitrogens is 1. The van der Waals surface area contributed by atoms with E-state index in [-0.39, 0.29) is 25.0 Å². The summed E-state index contributed by atoms with van der Waals surface area (Å²) >= 11 is 0. The molecule has 1 aromatic carbocycles. The van der Waals surface area contributed by atoms with E-state index in [9.17, 15) is 9.90 Å². The number of ether oxygens (including phenoxy) is 1. The van der Waals surface area contributed by atoms with Gasteiger partial charge in [-0.25, -0.2) is 0 Å². The molecule has 0 aliphatic carbocycles. The van der Waals surface area contributed by atoms with Gasteiger partial charge < -0.3 is 15.2 Å². The zero-order valence-corrected chi connectivity index (χ0v) is 14.3. The van der Waals surface area contributed by atoms with Gasteiger partial charge in [-0.05, 0) is 50.1 Å². The molecule has 0 saturated heterocycles. The Labute approximate surface area is 142 Å². The van der Waals surface area contributed by atoms with Gasteiger partial charge in [-0.2, -0.15) is 0 Å². The highest BCUT2D eigenvalue weighted by Crippen LogP contribution is 2.20. The first-order valence-electron chi connectivity index (χ1n) is 8.07. The number of hydrogen-bond acceptors (Lipinski definition) is 4. The van der Waals surface area contributed by atoms with Crippen LogP contribution in [0.3, 0.4) is 0 Å². The van der Waals surface area contributed by atoms with E-state index < -0.39 is 6.10 Å². The number of pyridine rings is 1. The zero-order chi connectivity index (χ0) is 17.5. The molecule has 5 nitrogen and oxygen atoms in total. The van der Waals surface area contributed by atoms with Crippen molar-refractivity contribution >= 4 is 5.91 Å². The molecule has 1 atom stereocenters. The molecule has 0 radical (unpaired) electrons. The Morgan fingerprint density at radius 2 is 2.08 bits per heavy atom. The summed E-state index contributed by atoms with van der Waals surface area (Å²) in [6.45, 7) is 5.95. The van der Waals surface area contributed by atoms with Crippen molar-refractivity contribution in [2.45, 2.75) is 39.4 Å². The summed E-state index contributed by atoms with van der Waals surface area (Å²) in [7, 11) is 0. The Bertz CT molecular complexity index is 669. The van der Waals surface area contributed by atoms with Crippen molar-refractivity contribution in [1.29, 1.82) is 0 Å². The van der Waals surface area contributed by atoms with E-state index in [0.29, 0.717) is 11.3 Å². The predicted molar refractivity (Wildman–Crippen MR) is 92.9 cm³/mol. The highest BCUT2D eigenvalue weighted by Gasteiger charge is 2.11. The third-order valence-electron chi connectivity index (χ3n) is 3.44. The Morgan fingerprint density at radius 1 is 1.29 bits per heavy atom. The standard InChI is InChI=1S/C19H24N2O3/c1-13(2)24-17-6-4-5-16(10-17)18(22)12-21-19(23)9-15-8-7-14(3)20-11-15/h4-8,10-11,13,18,22H,9,12H2,1-3H3,(H,21,23). The van der Waals surface area contributed by atoms with Crippen LogP contribution in [0.25, 0.3) is 0 Å². The van der Waals surface area contributed by atoms with E-state index in [0.717, 1.165) is 11.3 Å². The van der Waals surface area contributed by atoms with Gasteiger partial charge >= 0.3 is 0 Å². The van der Waals surface area contributed by atoms with Gasteiger partial charge in [0.1, 0.15) is 5.75 Å². The number of hydrogen-bond donors (Lipinski definition) is 2. The Kier molecular flexibility index (Phi) is 6.32. The van der Waals surface area contributed by atoms with Gasteiger partial charge in [0.15, 0.2) is 0 Å². The third-order valence-corrected chi connectivity index (χ3v) is 3.44. The number of nitrogens with zero attached hydrogens (tertiary/aromatic N) is 1. The van der Waals surface area contributed by atoms with Crippen LogP contribution in [0.1, 0.15) is 36.8 Å². The molecule has 1 aromatic heterocycles. The maximum atomic E-state index is 12.0. The van der Waals surface area contributed by atoms with Crippen molar-refractivity contribution in [3.63, 3.8) is 0 Å². The van der Waals surface area contributed by atoms with Crippen molar-refractivity contribution < 1.29 is 14.6 Å². The highest BCUT2D eigenvalue weighted by molar-refractivity contribution is 5.78.